The zero-order valence-electron chi connectivity index (χ0n) is 17.8. The highest BCUT2D eigenvalue weighted by atomic mass is 32.2. The van der Waals surface area contributed by atoms with Gasteiger partial charge in [0.05, 0.1) is 37.3 Å². The first-order valence-electron chi connectivity index (χ1n) is 10.7. The molecule has 32 heavy (non-hydrogen) atoms. The van der Waals surface area contributed by atoms with E-state index in [4.69, 9.17) is 4.74 Å². The number of aromatic amines is 1. The number of fused-ring (bicyclic) bond motifs is 1. The first-order chi connectivity index (χ1) is 15.2. The van der Waals surface area contributed by atoms with E-state index in [1.165, 1.54) is 6.33 Å². The standard InChI is InChI=1S/C21H27F3N4O3S/c1-15-5-4-8-20-19(15)12-27(32(29,30)21(22,23)24)11-17(13-31-18-6-2-3-7-18)28(20)10-16-9-25-14-26-16/h4-5,8-9,14,17-18H,2-3,6-7,10-13H2,1H3,(H,25,26). The number of H-pyrrole nitrogens is 1. The second-order valence-corrected chi connectivity index (χ2v) is 10.3. The number of aromatic nitrogens is 2. The van der Waals surface area contributed by atoms with Crippen molar-refractivity contribution in [3.05, 3.63) is 47.5 Å². The monoisotopic (exact) mass is 472 g/mol. The molecule has 0 saturated heterocycles. The van der Waals surface area contributed by atoms with Gasteiger partial charge in [0.25, 0.3) is 0 Å². The van der Waals surface area contributed by atoms with Gasteiger partial charge in [-0.05, 0) is 37.0 Å². The largest absolute Gasteiger partial charge is 0.511 e. The summed E-state index contributed by atoms with van der Waals surface area (Å²) < 4.78 is 72.0. The number of ether oxygens (including phenoxy) is 1. The molecule has 0 bridgehead atoms. The number of nitrogens with zero attached hydrogens (tertiary/aromatic N) is 3. The Morgan fingerprint density at radius 1 is 1.25 bits per heavy atom. The molecule has 1 unspecified atom stereocenters. The molecule has 1 aliphatic heterocycles. The molecule has 1 aliphatic carbocycles. The van der Waals surface area contributed by atoms with Crippen molar-refractivity contribution in [2.75, 3.05) is 18.1 Å². The number of anilines is 1. The number of aryl methyl sites for hydroxylation is 1. The molecule has 4 rings (SSSR count). The van der Waals surface area contributed by atoms with Gasteiger partial charge in [0, 0.05) is 25.0 Å². The summed E-state index contributed by atoms with van der Waals surface area (Å²) in [5.41, 5.74) is -2.60. The highest BCUT2D eigenvalue weighted by Crippen LogP contribution is 2.36. The second kappa shape index (κ2) is 9.03. The van der Waals surface area contributed by atoms with Gasteiger partial charge in [0.1, 0.15) is 0 Å². The van der Waals surface area contributed by atoms with Crippen LogP contribution in [0.25, 0.3) is 0 Å². The summed E-state index contributed by atoms with van der Waals surface area (Å²) in [5.74, 6) is 0. The smallest absolute Gasteiger partial charge is 0.376 e. The van der Waals surface area contributed by atoms with Crippen LogP contribution in [0.1, 0.15) is 42.5 Å². The van der Waals surface area contributed by atoms with Crippen LogP contribution in [0.4, 0.5) is 18.9 Å². The molecule has 2 heterocycles. The number of hydrogen-bond acceptors (Lipinski definition) is 5. The van der Waals surface area contributed by atoms with E-state index in [1.807, 2.05) is 17.0 Å². The average Bonchev–Trinajstić information content (AvgIpc) is 3.40. The summed E-state index contributed by atoms with van der Waals surface area (Å²) in [6, 6.07) is 4.84. The maximum atomic E-state index is 13.5. The highest BCUT2D eigenvalue weighted by Gasteiger charge is 2.51. The van der Waals surface area contributed by atoms with Gasteiger partial charge in [-0.1, -0.05) is 25.0 Å². The fraction of sp³-hybridized carbons (Fsp3) is 0.571. The van der Waals surface area contributed by atoms with E-state index in [2.05, 4.69) is 9.97 Å². The minimum Gasteiger partial charge on any atom is -0.376 e. The quantitative estimate of drug-likeness (QED) is 0.694. The Balaban J connectivity index is 1.74. The molecule has 7 nitrogen and oxygen atoms in total. The number of nitrogens with one attached hydrogen (secondary N) is 1. The van der Waals surface area contributed by atoms with Crippen LogP contribution < -0.4 is 4.90 Å². The van der Waals surface area contributed by atoms with Gasteiger partial charge in [0.2, 0.25) is 0 Å². The molecule has 176 valence electrons. The first kappa shape index (κ1) is 23.1. The lowest BCUT2D eigenvalue weighted by Gasteiger charge is -2.34. The van der Waals surface area contributed by atoms with Crippen molar-refractivity contribution in [2.45, 2.75) is 63.4 Å². The lowest BCUT2D eigenvalue weighted by Crippen LogP contribution is -2.49. The van der Waals surface area contributed by atoms with Crippen molar-refractivity contribution in [1.82, 2.24) is 14.3 Å². The SMILES string of the molecule is Cc1cccc2c1CN(S(=O)(=O)C(F)(F)F)CC(COC1CCCC1)N2Cc1cnc[nH]1. The topological polar surface area (TPSA) is 78.5 Å². The summed E-state index contributed by atoms with van der Waals surface area (Å²) in [4.78, 5) is 9.01. The Hall–Kier alpha value is -2.11. The molecule has 0 spiro atoms. The zero-order valence-corrected chi connectivity index (χ0v) is 18.6. The van der Waals surface area contributed by atoms with Crippen LogP contribution in [0.5, 0.6) is 0 Å². The summed E-state index contributed by atoms with van der Waals surface area (Å²) in [6.07, 6.45) is 7.18. The molecule has 1 aromatic carbocycles. The van der Waals surface area contributed by atoms with Gasteiger partial charge in [0.15, 0.2) is 0 Å². The van der Waals surface area contributed by atoms with E-state index >= 15 is 0 Å². The number of benzene rings is 1. The van der Waals surface area contributed by atoms with E-state index in [1.54, 1.807) is 19.2 Å². The average molecular weight is 473 g/mol. The van der Waals surface area contributed by atoms with E-state index < -0.39 is 21.6 Å². The molecule has 1 N–H and O–H groups in total. The van der Waals surface area contributed by atoms with Crippen molar-refractivity contribution < 1.29 is 26.3 Å². The predicted molar refractivity (Wildman–Crippen MR) is 113 cm³/mol. The molecule has 2 aromatic rings. The Labute approximate surface area is 185 Å². The minimum atomic E-state index is -5.51. The van der Waals surface area contributed by atoms with Crippen molar-refractivity contribution in [1.29, 1.82) is 0 Å². The van der Waals surface area contributed by atoms with Crippen molar-refractivity contribution in [2.24, 2.45) is 0 Å². The van der Waals surface area contributed by atoms with Gasteiger partial charge >= 0.3 is 15.5 Å². The van der Waals surface area contributed by atoms with Crippen LogP contribution in [-0.4, -0.2) is 53.5 Å². The van der Waals surface area contributed by atoms with Crippen LogP contribution in [-0.2, 0) is 27.8 Å². The van der Waals surface area contributed by atoms with Gasteiger partial charge in [-0.15, -0.1) is 0 Å². The molecule has 1 aromatic heterocycles. The van der Waals surface area contributed by atoms with Gasteiger partial charge in [-0.3, -0.25) is 0 Å². The Kier molecular flexibility index (Phi) is 6.51. The van der Waals surface area contributed by atoms with Crippen molar-refractivity contribution in [3.8, 4) is 0 Å². The van der Waals surface area contributed by atoms with Crippen LogP contribution in [0, 0.1) is 6.92 Å². The van der Waals surface area contributed by atoms with E-state index in [-0.39, 0.29) is 25.8 Å². The highest BCUT2D eigenvalue weighted by molar-refractivity contribution is 7.89. The first-order valence-corrected chi connectivity index (χ1v) is 12.1. The Morgan fingerprint density at radius 2 is 2.00 bits per heavy atom. The number of imidazole rings is 1. The van der Waals surface area contributed by atoms with Crippen molar-refractivity contribution >= 4 is 15.7 Å². The summed E-state index contributed by atoms with van der Waals surface area (Å²) in [6.45, 7) is 1.59. The van der Waals surface area contributed by atoms with Crippen LogP contribution in [0.3, 0.4) is 0 Å². The van der Waals surface area contributed by atoms with E-state index in [0.29, 0.717) is 22.1 Å². The van der Waals surface area contributed by atoms with Gasteiger partial charge < -0.3 is 14.6 Å². The normalized spacial score (nSPS) is 21.0. The van der Waals surface area contributed by atoms with E-state index in [9.17, 15) is 21.6 Å². The molecule has 1 atom stereocenters. The molecule has 1 saturated carbocycles. The second-order valence-electron chi connectivity index (χ2n) is 8.41. The van der Waals surface area contributed by atoms with Crippen molar-refractivity contribution in [3.63, 3.8) is 0 Å². The minimum absolute atomic E-state index is 0.0527. The van der Waals surface area contributed by atoms with Crippen LogP contribution in [0.2, 0.25) is 0 Å². The summed E-state index contributed by atoms with van der Waals surface area (Å²) in [7, 11) is -5.51. The molecule has 1 fully saturated rings. The van der Waals surface area contributed by atoms with E-state index in [0.717, 1.165) is 36.9 Å². The van der Waals surface area contributed by atoms with Gasteiger partial charge in [-0.25, -0.2) is 13.4 Å². The van der Waals surface area contributed by atoms with Crippen LogP contribution >= 0.6 is 0 Å². The number of alkyl halides is 3. The van der Waals surface area contributed by atoms with Crippen LogP contribution in [0.15, 0.2) is 30.7 Å². The molecule has 11 heteroatoms. The maximum absolute atomic E-state index is 13.5. The third kappa shape index (κ3) is 4.65. The lowest BCUT2D eigenvalue weighted by atomic mass is 10.1. The number of sulfonamides is 1. The number of rotatable bonds is 6. The Bertz CT molecular complexity index is 1020. The maximum Gasteiger partial charge on any atom is 0.511 e. The molecular formula is C21H27F3N4O3S. The number of hydrogen-bond donors (Lipinski definition) is 1. The molecule has 2 aliphatic rings. The summed E-state index contributed by atoms with van der Waals surface area (Å²) >= 11 is 0. The number of halogens is 3. The van der Waals surface area contributed by atoms with Gasteiger partial charge in [-0.2, -0.15) is 17.5 Å². The Morgan fingerprint density at radius 3 is 2.66 bits per heavy atom. The predicted octanol–water partition coefficient (Wildman–Crippen LogP) is 3.72. The third-order valence-electron chi connectivity index (χ3n) is 6.24. The third-order valence-corrected chi connectivity index (χ3v) is 7.78. The molecule has 0 amide bonds. The fourth-order valence-electron chi connectivity index (χ4n) is 4.48. The lowest BCUT2D eigenvalue weighted by molar-refractivity contribution is -0.0495. The zero-order chi connectivity index (χ0) is 22.9. The molecule has 0 radical (unpaired) electrons. The fourth-order valence-corrected chi connectivity index (χ4v) is 5.44. The molecular weight excluding hydrogens is 445 g/mol. The summed E-state index contributed by atoms with van der Waals surface area (Å²) in [5, 5.41) is 0.